The van der Waals surface area contributed by atoms with Crippen LogP contribution < -0.4 is 11.1 Å². The van der Waals surface area contributed by atoms with Crippen LogP contribution in [0.5, 0.6) is 0 Å². The number of nitrogens with two attached hydrogens (primary N) is 1. The second-order valence-corrected chi connectivity index (χ2v) is 5.40. The highest BCUT2D eigenvalue weighted by atomic mass is 35.5. The standard InChI is InChI=1S/C12H21ClN2O/c1-9-3-5-12(8-14,6-4-9)11(16)15-7-10(2)13/h9H,2-8,14H2,1H3,(H,15,16). The fourth-order valence-corrected chi connectivity index (χ4v) is 2.27. The normalized spacial score (nSPS) is 29.8. The van der Waals surface area contributed by atoms with E-state index in [4.69, 9.17) is 17.3 Å². The Balaban J connectivity index is 2.58. The minimum atomic E-state index is -0.376. The third kappa shape index (κ3) is 3.22. The molecule has 3 N–H and O–H groups in total. The van der Waals surface area contributed by atoms with Crippen molar-refractivity contribution in [2.75, 3.05) is 13.1 Å². The van der Waals surface area contributed by atoms with E-state index in [9.17, 15) is 4.79 Å². The van der Waals surface area contributed by atoms with Crippen molar-refractivity contribution >= 4 is 17.5 Å². The molecule has 0 spiro atoms. The van der Waals surface area contributed by atoms with Gasteiger partial charge in [-0.25, -0.2) is 0 Å². The highest BCUT2D eigenvalue weighted by Gasteiger charge is 2.39. The maximum absolute atomic E-state index is 12.1. The van der Waals surface area contributed by atoms with Crippen LogP contribution in [0.25, 0.3) is 0 Å². The van der Waals surface area contributed by atoms with E-state index in [-0.39, 0.29) is 11.3 Å². The molecule has 0 aromatic heterocycles. The van der Waals surface area contributed by atoms with Crippen molar-refractivity contribution in [3.63, 3.8) is 0 Å². The Morgan fingerprint density at radius 1 is 1.56 bits per heavy atom. The highest BCUT2D eigenvalue weighted by molar-refractivity contribution is 6.29. The van der Waals surface area contributed by atoms with Gasteiger partial charge in [-0.15, -0.1) is 0 Å². The molecule has 0 aliphatic heterocycles. The summed E-state index contributed by atoms with van der Waals surface area (Å²) in [6.45, 7) is 6.52. The zero-order chi connectivity index (χ0) is 12.2. The molecule has 1 fully saturated rings. The van der Waals surface area contributed by atoms with Crippen molar-refractivity contribution < 1.29 is 4.79 Å². The monoisotopic (exact) mass is 244 g/mol. The Morgan fingerprint density at radius 2 is 2.12 bits per heavy atom. The Labute approximate surface area is 102 Å². The summed E-state index contributed by atoms with van der Waals surface area (Å²) in [5.74, 6) is 0.735. The molecular weight excluding hydrogens is 224 g/mol. The van der Waals surface area contributed by atoms with Gasteiger partial charge in [-0.3, -0.25) is 4.79 Å². The molecule has 0 unspecified atom stereocenters. The van der Waals surface area contributed by atoms with Crippen LogP contribution >= 0.6 is 11.6 Å². The molecule has 1 saturated carbocycles. The number of amides is 1. The van der Waals surface area contributed by atoms with Crippen LogP contribution in [0.3, 0.4) is 0 Å². The van der Waals surface area contributed by atoms with E-state index in [2.05, 4.69) is 18.8 Å². The SMILES string of the molecule is C=C(Cl)CNC(=O)C1(CN)CCC(C)CC1. The zero-order valence-electron chi connectivity index (χ0n) is 9.89. The second kappa shape index (κ2) is 5.69. The molecule has 0 saturated heterocycles. The molecular formula is C12H21ClN2O. The number of rotatable bonds is 4. The van der Waals surface area contributed by atoms with Crippen LogP contribution in [0, 0.1) is 11.3 Å². The van der Waals surface area contributed by atoms with Crippen LogP contribution in [0.15, 0.2) is 11.6 Å². The fraction of sp³-hybridized carbons (Fsp3) is 0.750. The minimum Gasteiger partial charge on any atom is -0.351 e. The summed E-state index contributed by atoms with van der Waals surface area (Å²) in [4.78, 5) is 12.1. The van der Waals surface area contributed by atoms with Gasteiger partial charge in [-0.2, -0.15) is 0 Å². The van der Waals surface area contributed by atoms with Gasteiger partial charge in [-0.05, 0) is 31.6 Å². The number of hydrogen-bond donors (Lipinski definition) is 2. The molecule has 0 radical (unpaired) electrons. The average Bonchev–Trinajstić information content (AvgIpc) is 2.27. The number of halogens is 1. The quantitative estimate of drug-likeness (QED) is 0.795. The maximum atomic E-state index is 12.1. The van der Waals surface area contributed by atoms with E-state index in [1.165, 1.54) is 0 Å². The number of hydrogen-bond acceptors (Lipinski definition) is 2. The lowest BCUT2D eigenvalue weighted by Crippen LogP contribution is -2.48. The summed E-state index contributed by atoms with van der Waals surface area (Å²) in [6.07, 6.45) is 3.91. The van der Waals surface area contributed by atoms with Gasteiger partial charge in [0.05, 0.1) is 12.0 Å². The lowest BCUT2D eigenvalue weighted by atomic mass is 9.70. The van der Waals surface area contributed by atoms with Crippen molar-refractivity contribution in [2.45, 2.75) is 32.6 Å². The fourth-order valence-electron chi connectivity index (χ4n) is 2.20. The summed E-state index contributed by atoms with van der Waals surface area (Å²) in [6, 6.07) is 0. The Hall–Kier alpha value is -0.540. The molecule has 92 valence electrons. The van der Waals surface area contributed by atoms with E-state index in [0.29, 0.717) is 24.0 Å². The van der Waals surface area contributed by atoms with Crippen LogP contribution in [-0.2, 0) is 4.79 Å². The molecule has 0 aromatic rings. The van der Waals surface area contributed by atoms with Crippen molar-refractivity contribution in [3.05, 3.63) is 11.6 Å². The first-order chi connectivity index (χ1) is 7.50. The second-order valence-electron chi connectivity index (χ2n) is 4.87. The van der Waals surface area contributed by atoms with E-state index >= 15 is 0 Å². The Kier molecular flexibility index (Phi) is 4.81. The molecule has 1 amide bonds. The number of carbonyl (C=O) groups excluding carboxylic acids is 1. The highest BCUT2D eigenvalue weighted by Crippen LogP contribution is 2.38. The summed E-state index contributed by atoms with van der Waals surface area (Å²) in [7, 11) is 0. The molecule has 0 atom stereocenters. The molecule has 16 heavy (non-hydrogen) atoms. The summed E-state index contributed by atoms with van der Waals surface area (Å²) >= 11 is 5.63. The lowest BCUT2D eigenvalue weighted by molar-refractivity contribution is -0.132. The van der Waals surface area contributed by atoms with Gasteiger partial charge in [0, 0.05) is 11.6 Å². The van der Waals surface area contributed by atoms with Crippen LogP contribution in [-0.4, -0.2) is 19.0 Å². The van der Waals surface area contributed by atoms with Gasteiger partial charge in [0.1, 0.15) is 0 Å². The largest absolute Gasteiger partial charge is 0.351 e. The van der Waals surface area contributed by atoms with Crippen LogP contribution in [0.2, 0.25) is 0 Å². The van der Waals surface area contributed by atoms with Gasteiger partial charge < -0.3 is 11.1 Å². The van der Waals surface area contributed by atoms with Crippen molar-refractivity contribution in [3.8, 4) is 0 Å². The minimum absolute atomic E-state index is 0.0312. The van der Waals surface area contributed by atoms with Gasteiger partial charge in [0.25, 0.3) is 0 Å². The number of nitrogens with one attached hydrogen (secondary N) is 1. The predicted molar refractivity (Wildman–Crippen MR) is 67.1 cm³/mol. The van der Waals surface area contributed by atoms with Gasteiger partial charge in [0.15, 0.2) is 0 Å². The van der Waals surface area contributed by atoms with Crippen molar-refractivity contribution in [2.24, 2.45) is 17.1 Å². The molecule has 3 nitrogen and oxygen atoms in total. The molecule has 1 rings (SSSR count). The zero-order valence-corrected chi connectivity index (χ0v) is 10.6. The molecule has 0 aromatic carbocycles. The lowest BCUT2D eigenvalue weighted by Gasteiger charge is -2.37. The van der Waals surface area contributed by atoms with Crippen LogP contribution in [0.4, 0.5) is 0 Å². The third-order valence-corrected chi connectivity index (χ3v) is 3.68. The Bertz CT molecular complexity index is 270. The van der Waals surface area contributed by atoms with E-state index < -0.39 is 0 Å². The maximum Gasteiger partial charge on any atom is 0.227 e. The Morgan fingerprint density at radius 3 is 2.56 bits per heavy atom. The van der Waals surface area contributed by atoms with Crippen LogP contribution in [0.1, 0.15) is 32.6 Å². The molecule has 1 aliphatic rings. The average molecular weight is 245 g/mol. The van der Waals surface area contributed by atoms with Crippen molar-refractivity contribution in [1.82, 2.24) is 5.32 Å². The number of carbonyl (C=O) groups is 1. The molecule has 0 bridgehead atoms. The van der Waals surface area contributed by atoms with E-state index in [1.54, 1.807) is 0 Å². The van der Waals surface area contributed by atoms with Gasteiger partial charge in [-0.1, -0.05) is 25.1 Å². The first-order valence-corrected chi connectivity index (χ1v) is 6.19. The van der Waals surface area contributed by atoms with Crippen molar-refractivity contribution in [1.29, 1.82) is 0 Å². The summed E-state index contributed by atoms with van der Waals surface area (Å²) in [5, 5.41) is 3.26. The first-order valence-electron chi connectivity index (χ1n) is 5.82. The molecule has 0 heterocycles. The predicted octanol–water partition coefficient (Wildman–Crippen LogP) is 2.01. The molecule has 4 heteroatoms. The smallest absolute Gasteiger partial charge is 0.227 e. The summed E-state index contributed by atoms with van der Waals surface area (Å²) < 4.78 is 0. The topological polar surface area (TPSA) is 55.1 Å². The van der Waals surface area contributed by atoms with E-state index in [0.717, 1.165) is 25.7 Å². The molecule has 1 aliphatic carbocycles. The van der Waals surface area contributed by atoms with E-state index in [1.807, 2.05) is 0 Å². The van der Waals surface area contributed by atoms with Gasteiger partial charge >= 0.3 is 0 Å². The third-order valence-electron chi connectivity index (χ3n) is 3.54. The summed E-state index contributed by atoms with van der Waals surface area (Å²) in [5.41, 5.74) is 5.40. The van der Waals surface area contributed by atoms with Gasteiger partial charge in [0.2, 0.25) is 5.91 Å². The first kappa shape index (κ1) is 13.5.